The van der Waals surface area contributed by atoms with E-state index >= 15 is 0 Å². The maximum Gasteiger partial charge on any atom is 0.234 e. The smallest absolute Gasteiger partial charge is 0.234 e. The first-order valence-corrected chi connectivity index (χ1v) is 13.1. The Labute approximate surface area is 212 Å². The van der Waals surface area contributed by atoms with E-state index in [2.05, 4.69) is 20.9 Å². The lowest BCUT2D eigenvalue weighted by atomic mass is 9.92. The summed E-state index contributed by atoms with van der Waals surface area (Å²) in [6.07, 6.45) is 3.94. The van der Waals surface area contributed by atoms with Crippen molar-refractivity contribution < 1.29 is 23.9 Å². The Balaban J connectivity index is 1.06. The van der Waals surface area contributed by atoms with Gasteiger partial charge in [-0.05, 0) is 69.0 Å². The number of ether oxygens (including phenoxy) is 2. The van der Waals surface area contributed by atoms with E-state index in [4.69, 9.17) is 9.47 Å². The molecule has 36 heavy (non-hydrogen) atoms. The zero-order valence-electron chi connectivity index (χ0n) is 21.0. The third kappa shape index (κ3) is 5.50. The fourth-order valence-electron chi connectivity index (χ4n) is 5.85. The second-order valence-electron chi connectivity index (χ2n) is 10.2. The Kier molecular flexibility index (Phi) is 7.73. The molecule has 1 aromatic carbocycles. The second kappa shape index (κ2) is 11.1. The summed E-state index contributed by atoms with van der Waals surface area (Å²) in [5, 5.41) is 9.30. The molecule has 3 unspecified atom stereocenters. The molecule has 3 atom stereocenters. The minimum absolute atomic E-state index is 0.0140. The van der Waals surface area contributed by atoms with E-state index in [1.54, 1.807) is 7.11 Å². The number of fused-ring (bicyclic) bond motifs is 2. The Morgan fingerprint density at radius 2 is 2.03 bits per heavy atom. The van der Waals surface area contributed by atoms with Crippen molar-refractivity contribution in [3.05, 3.63) is 23.8 Å². The molecule has 10 nitrogen and oxygen atoms in total. The van der Waals surface area contributed by atoms with E-state index in [0.717, 1.165) is 63.2 Å². The highest BCUT2D eigenvalue weighted by molar-refractivity contribution is 5.96. The van der Waals surface area contributed by atoms with Crippen molar-refractivity contribution in [2.24, 2.45) is 11.8 Å². The maximum absolute atomic E-state index is 13.4. The largest absolute Gasteiger partial charge is 0.497 e. The normalized spacial score (nSPS) is 27.0. The predicted octanol–water partition coefficient (Wildman–Crippen LogP) is 0.253. The lowest BCUT2D eigenvalue weighted by Gasteiger charge is -2.40. The van der Waals surface area contributed by atoms with Crippen LogP contribution in [-0.4, -0.2) is 87.9 Å². The number of aryl methyl sites for hydroxylation is 1. The van der Waals surface area contributed by atoms with Gasteiger partial charge in [0.1, 0.15) is 5.75 Å². The summed E-state index contributed by atoms with van der Waals surface area (Å²) in [6.45, 7) is 3.93. The van der Waals surface area contributed by atoms with Crippen molar-refractivity contribution in [2.45, 2.75) is 44.3 Å². The van der Waals surface area contributed by atoms with E-state index in [1.807, 2.05) is 23.1 Å². The molecule has 3 saturated heterocycles. The van der Waals surface area contributed by atoms with Gasteiger partial charge in [0.15, 0.2) is 0 Å². The number of nitrogens with one attached hydrogen (secondary N) is 3. The molecule has 3 amide bonds. The Bertz CT molecular complexity index is 979. The van der Waals surface area contributed by atoms with Crippen molar-refractivity contribution in [2.75, 3.05) is 57.9 Å². The molecule has 196 valence electrons. The summed E-state index contributed by atoms with van der Waals surface area (Å²) in [5.41, 5.74) is 2.17. The molecule has 1 aromatic rings. The monoisotopic (exact) mass is 499 g/mol. The van der Waals surface area contributed by atoms with Crippen LogP contribution in [0.25, 0.3) is 0 Å². The first-order valence-electron chi connectivity index (χ1n) is 13.1. The van der Waals surface area contributed by atoms with Crippen LogP contribution in [0.4, 0.5) is 5.69 Å². The summed E-state index contributed by atoms with van der Waals surface area (Å²) in [6, 6.07) is 6.05. The second-order valence-corrected chi connectivity index (χ2v) is 10.2. The molecule has 0 radical (unpaired) electrons. The highest BCUT2D eigenvalue weighted by atomic mass is 16.5. The number of amides is 3. The number of likely N-dealkylation sites (tertiary alicyclic amines) is 1. The van der Waals surface area contributed by atoms with E-state index < -0.39 is 0 Å². The number of piperidine rings is 1. The van der Waals surface area contributed by atoms with Gasteiger partial charge in [0.05, 0.1) is 38.9 Å². The fourth-order valence-corrected chi connectivity index (χ4v) is 5.85. The van der Waals surface area contributed by atoms with Crippen LogP contribution in [0.5, 0.6) is 5.75 Å². The van der Waals surface area contributed by atoms with Gasteiger partial charge in [0.2, 0.25) is 17.7 Å². The van der Waals surface area contributed by atoms with E-state index in [9.17, 15) is 14.4 Å². The molecule has 0 saturated carbocycles. The van der Waals surface area contributed by atoms with Gasteiger partial charge in [-0.25, -0.2) is 0 Å². The van der Waals surface area contributed by atoms with Gasteiger partial charge in [0.25, 0.3) is 0 Å². The Morgan fingerprint density at radius 1 is 1.19 bits per heavy atom. The number of hydrogen-bond acceptors (Lipinski definition) is 7. The standard InChI is InChI=1S/C26H37N5O5/c1-35-19-4-5-22-18(13-19)3-2-9-31(22)26(34)17-6-10-30(11-7-17)15-24(32)27-14-23-28-21-8-12-36-16-20(21)25(33)29-23/h4-5,13,17,20-21,23,28H,2-3,6-12,14-16H2,1H3,(H,27,32)(H,29,33). The van der Waals surface area contributed by atoms with Crippen LogP contribution in [0.1, 0.15) is 31.2 Å². The molecular weight excluding hydrogens is 462 g/mol. The van der Waals surface area contributed by atoms with Crippen LogP contribution in [-0.2, 0) is 25.5 Å². The number of benzene rings is 1. The summed E-state index contributed by atoms with van der Waals surface area (Å²) in [7, 11) is 1.66. The van der Waals surface area contributed by atoms with Gasteiger partial charge in [-0.2, -0.15) is 0 Å². The molecule has 3 N–H and O–H groups in total. The van der Waals surface area contributed by atoms with E-state index in [1.165, 1.54) is 5.56 Å². The molecule has 3 fully saturated rings. The first-order chi connectivity index (χ1) is 17.5. The summed E-state index contributed by atoms with van der Waals surface area (Å²) in [5.74, 6) is 0.755. The van der Waals surface area contributed by atoms with Gasteiger partial charge < -0.3 is 25.0 Å². The molecule has 0 aromatic heterocycles. The number of hydrogen-bond donors (Lipinski definition) is 3. The van der Waals surface area contributed by atoms with Crippen LogP contribution in [0.15, 0.2) is 18.2 Å². The SMILES string of the molecule is COc1ccc2c(c1)CCCN2C(=O)C1CCN(CC(=O)NCC2NC(=O)C3COCCC3N2)CC1. The van der Waals surface area contributed by atoms with Crippen molar-refractivity contribution in [3.63, 3.8) is 0 Å². The number of carbonyl (C=O) groups is 3. The summed E-state index contributed by atoms with van der Waals surface area (Å²) < 4.78 is 10.7. The van der Waals surface area contributed by atoms with Gasteiger partial charge in [0, 0.05) is 30.8 Å². The third-order valence-corrected chi connectivity index (χ3v) is 7.90. The van der Waals surface area contributed by atoms with Crippen LogP contribution in [0.3, 0.4) is 0 Å². The topological polar surface area (TPSA) is 112 Å². The number of anilines is 1. The predicted molar refractivity (Wildman–Crippen MR) is 134 cm³/mol. The van der Waals surface area contributed by atoms with Crippen molar-refractivity contribution in [3.8, 4) is 5.75 Å². The van der Waals surface area contributed by atoms with E-state index in [-0.39, 0.29) is 41.8 Å². The Morgan fingerprint density at radius 3 is 2.83 bits per heavy atom. The summed E-state index contributed by atoms with van der Waals surface area (Å²) in [4.78, 5) is 42.3. The zero-order valence-corrected chi connectivity index (χ0v) is 21.0. The Hall–Kier alpha value is -2.69. The minimum atomic E-state index is -0.267. The average Bonchev–Trinajstić information content (AvgIpc) is 2.91. The van der Waals surface area contributed by atoms with Crippen LogP contribution >= 0.6 is 0 Å². The molecule has 4 aliphatic rings. The van der Waals surface area contributed by atoms with Crippen molar-refractivity contribution in [1.29, 1.82) is 0 Å². The first kappa shape index (κ1) is 25.0. The zero-order chi connectivity index (χ0) is 25.1. The number of carbonyl (C=O) groups excluding carboxylic acids is 3. The molecule has 4 aliphatic heterocycles. The lowest BCUT2D eigenvalue weighted by molar-refractivity contribution is -0.136. The van der Waals surface area contributed by atoms with Gasteiger partial charge in [-0.3, -0.25) is 24.6 Å². The molecule has 0 bridgehead atoms. The van der Waals surface area contributed by atoms with Crippen molar-refractivity contribution in [1.82, 2.24) is 20.9 Å². The molecule has 0 aliphatic carbocycles. The highest BCUT2D eigenvalue weighted by Gasteiger charge is 2.38. The maximum atomic E-state index is 13.4. The van der Waals surface area contributed by atoms with Crippen LogP contribution in [0, 0.1) is 11.8 Å². The number of nitrogens with zero attached hydrogens (tertiary/aromatic N) is 2. The van der Waals surface area contributed by atoms with Gasteiger partial charge >= 0.3 is 0 Å². The fraction of sp³-hybridized carbons (Fsp3) is 0.654. The summed E-state index contributed by atoms with van der Waals surface area (Å²) >= 11 is 0. The molecular formula is C26H37N5O5. The molecule has 10 heteroatoms. The lowest BCUT2D eigenvalue weighted by Crippen LogP contribution is -2.66. The van der Waals surface area contributed by atoms with Gasteiger partial charge in [-0.15, -0.1) is 0 Å². The van der Waals surface area contributed by atoms with Crippen molar-refractivity contribution >= 4 is 23.4 Å². The minimum Gasteiger partial charge on any atom is -0.497 e. The number of methoxy groups -OCH3 is 1. The molecule has 0 spiro atoms. The van der Waals surface area contributed by atoms with Crippen LogP contribution < -0.4 is 25.6 Å². The molecule has 4 heterocycles. The van der Waals surface area contributed by atoms with Crippen LogP contribution in [0.2, 0.25) is 0 Å². The quantitative estimate of drug-likeness (QED) is 0.515. The third-order valence-electron chi connectivity index (χ3n) is 7.90. The van der Waals surface area contributed by atoms with Gasteiger partial charge in [-0.1, -0.05) is 0 Å². The van der Waals surface area contributed by atoms with E-state index in [0.29, 0.717) is 26.3 Å². The average molecular weight is 500 g/mol. The molecule has 5 rings (SSSR count). The number of rotatable bonds is 6. The highest BCUT2D eigenvalue weighted by Crippen LogP contribution is 2.33.